The Morgan fingerprint density at radius 1 is 1.35 bits per heavy atom. The quantitative estimate of drug-likeness (QED) is 0.808. The molecule has 0 fully saturated rings. The molecule has 0 amide bonds. The van der Waals surface area contributed by atoms with E-state index in [9.17, 15) is 0 Å². The first-order valence-electron chi connectivity index (χ1n) is 6.72. The van der Waals surface area contributed by atoms with Crippen LogP contribution in [0.2, 0.25) is 0 Å². The van der Waals surface area contributed by atoms with E-state index in [1.807, 2.05) is 38.2 Å². The van der Waals surface area contributed by atoms with Gasteiger partial charge in [0.1, 0.15) is 0 Å². The second-order valence-corrected chi connectivity index (χ2v) is 5.00. The van der Waals surface area contributed by atoms with Crippen molar-refractivity contribution in [3.63, 3.8) is 0 Å². The predicted molar refractivity (Wildman–Crippen MR) is 87.6 cm³/mol. The van der Waals surface area contributed by atoms with Gasteiger partial charge in [-0.1, -0.05) is 18.7 Å². The van der Waals surface area contributed by atoms with Crippen molar-refractivity contribution in [2.24, 2.45) is 10.7 Å². The molecule has 3 heteroatoms. The smallest absolute Gasteiger partial charge is 0.0482 e. The van der Waals surface area contributed by atoms with Gasteiger partial charge in [-0.3, -0.25) is 4.99 Å². The topological polar surface area (TPSA) is 64.4 Å². The summed E-state index contributed by atoms with van der Waals surface area (Å²) in [6, 6.07) is 5.78. The number of nitrogen functional groups attached to an aromatic ring is 1. The van der Waals surface area contributed by atoms with E-state index in [1.54, 1.807) is 0 Å². The number of aryl methyl sites for hydroxylation is 1. The fourth-order valence-electron chi connectivity index (χ4n) is 2.50. The Kier molecular flexibility index (Phi) is 4.08. The fourth-order valence-corrected chi connectivity index (χ4v) is 2.50. The van der Waals surface area contributed by atoms with Crippen LogP contribution in [0.4, 0.5) is 5.69 Å². The van der Waals surface area contributed by atoms with E-state index in [-0.39, 0.29) is 0 Å². The Bertz CT molecular complexity index is 634. The van der Waals surface area contributed by atoms with E-state index in [0.29, 0.717) is 0 Å². The summed E-state index contributed by atoms with van der Waals surface area (Å²) in [6.45, 7) is 5.86. The number of benzene rings is 1. The molecule has 0 aromatic heterocycles. The van der Waals surface area contributed by atoms with E-state index >= 15 is 0 Å². The van der Waals surface area contributed by atoms with E-state index in [2.05, 4.69) is 17.6 Å². The highest BCUT2D eigenvalue weighted by Gasteiger charge is 2.16. The first kappa shape index (κ1) is 14.1. The van der Waals surface area contributed by atoms with E-state index in [4.69, 9.17) is 11.5 Å². The fraction of sp³-hybridized carbons (Fsp3) is 0.235. The number of hydrogen-bond donors (Lipinski definition) is 2. The highest BCUT2D eigenvalue weighted by molar-refractivity contribution is 6.09. The monoisotopic (exact) mass is 267 g/mol. The van der Waals surface area contributed by atoms with Crippen LogP contribution in [0.5, 0.6) is 0 Å². The Labute approximate surface area is 120 Å². The molecule has 0 aliphatic heterocycles. The second-order valence-electron chi connectivity index (χ2n) is 5.00. The number of nitrogens with two attached hydrogens (primary N) is 2. The average molecular weight is 267 g/mol. The maximum Gasteiger partial charge on any atom is 0.0482 e. The SMILES string of the molecule is C=CC1=CC(=C(N)c2ccc(N)cc2C)C(=NC)CC1. The number of hydrogen-bond acceptors (Lipinski definition) is 3. The number of anilines is 1. The molecule has 0 radical (unpaired) electrons. The van der Waals surface area contributed by atoms with Gasteiger partial charge in [0.25, 0.3) is 0 Å². The van der Waals surface area contributed by atoms with Crippen LogP contribution in [0.1, 0.15) is 24.0 Å². The first-order valence-corrected chi connectivity index (χ1v) is 6.72. The van der Waals surface area contributed by atoms with Gasteiger partial charge in [0.15, 0.2) is 0 Å². The molecule has 104 valence electrons. The van der Waals surface area contributed by atoms with Crippen molar-refractivity contribution in [3.8, 4) is 0 Å². The van der Waals surface area contributed by atoms with Crippen LogP contribution in [-0.2, 0) is 0 Å². The van der Waals surface area contributed by atoms with Gasteiger partial charge in [-0.05, 0) is 49.1 Å². The van der Waals surface area contributed by atoms with Gasteiger partial charge in [0.05, 0.1) is 0 Å². The van der Waals surface area contributed by atoms with Crippen LogP contribution in [-0.4, -0.2) is 12.8 Å². The molecule has 20 heavy (non-hydrogen) atoms. The molecule has 3 nitrogen and oxygen atoms in total. The van der Waals surface area contributed by atoms with E-state index in [0.717, 1.165) is 46.6 Å². The van der Waals surface area contributed by atoms with Crippen LogP contribution in [0.15, 0.2) is 53.1 Å². The molecular weight excluding hydrogens is 246 g/mol. The molecule has 0 heterocycles. The summed E-state index contributed by atoms with van der Waals surface area (Å²) in [4.78, 5) is 4.37. The minimum atomic E-state index is 0.749. The maximum absolute atomic E-state index is 6.38. The Hall–Kier alpha value is -2.29. The number of nitrogens with zero attached hydrogens (tertiary/aromatic N) is 1. The second kappa shape index (κ2) is 5.78. The van der Waals surface area contributed by atoms with Crippen molar-refractivity contribution in [3.05, 3.63) is 59.2 Å². The molecule has 1 aliphatic carbocycles. The summed E-state index contributed by atoms with van der Waals surface area (Å²) in [5.74, 6) is 0. The molecular formula is C17H21N3. The lowest BCUT2D eigenvalue weighted by molar-refractivity contribution is 1.02. The van der Waals surface area contributed by atoms with E-state index < -0.39 is 0 Å². The molecule has 0 bridgehead atoms. The number of rotatable bonds is 2. The summed E-state index contributed by atoms with van der Waals surface area (Å²) in [7, 11) is 1.81. The molecule has 0 atom stereocenters. The number of allylic oxidation sites excluding steroid dienone is 4. The Morgan fingerprint density at radius 2 is 2.10 bits per heavy atom. The van der Waals surface area contributed by atoms with Crippen LogP contribution < -0.4 is 11.5 Å². The van der Waals surface area contributed by atoms with Gasteiger partial charge >= 0.3 is 0 Å². The van der Waals surface area contributed by atoms with Gasteiger partial charge in [-0.15, -0.1) is 0 Å². The minimum absolute atomic E-state index is 0.749. The zero-order chi connectivity index (χ0) is 14.7. The molecule has 4 N–H and O–H groups in total. The third-order valence-electron chi connectivity index (χ3n) is 3.65. The van der Waals surface area contributed by atoms with Crippen LogP contribution in [0.25, 0.3) is 5.70 Å². The summed E-state index contributed by atoms with van der Waals surface area (Å²) in [5, 5.41) is 0. The molecule has 1 aliphatic rings. The predicted octanol–water partition coefficient (Wildman–Crippen LogP) is 3.22. The van der Waals surface area contributed by atoms with Crippen molar-refractivity contribution in [1.82, 2.24) is 0 Å². The van der Waals surface area contributed by atoms with Crippen LogP contribution >= 0.6 is 0 Å². The molecule has 0 saturated heterocycles. The van der Waals surface area contributed by atoms with Crippen molar-refractivity contribution in [2.45, 2.75) is 19.8 Å². The third kappa shape index (κ3) is 2.67. The molecule has 1 aromatic carbocycles. The molecule has 0 spiro atoms. The van der Waals surface area contributed by atoms with Crippen molar-refractivity contribution in [1.29, 1.82) is 0 Å². The van der Waals surface area contributed by atoms with Gasteiger partial charge < -0.3 is 11.5 Å². The van der Waals surface area contributed by atoms with Gasteiger partial charge in [-0.2, -0.15) is 0 Å². The summed E-state index contributed by atoms with van der Waals surface area (Å²) >= 11 is 0. The summed E-state index contributed by atoms with van der Waals surface area (Å²) in [5.41, 5.74) is 19.0. The van der Waals surface area contributed by atoms with Gasteiger partial charge in [0, 0.05) is 35.3 Å². The minimum Gasteiger partial charge on any atom is -0.399 e. The maximum atomic E-state index is 6.38. The molecule has 0 unspecified atom stereocenters. The van der Waals surface area contributed by atoms with Crippen LogP contribution in [0, 0.1) is 6.92 Å². The molecule has 2 rings (SSSR count). The zero-order valence-electron chi connectivity index (χ0n) is 12.1. The average Bonchev–Trinajstić information content (AvgIpc) is 2.46. The standard InChI is InChI=1S/C17H21N3/c1-4-12-5-8-16(20-3)15(10-12)17(19)14-7-6-13(18)9-11(14)2/h4,6-7,9-10H,1,5,8,18-19H2,2-3H3. The normalized spacial score (nSPS) is 19.7. The van der Waals surface area contributed by atoms with Crippen molar-refractivity contribution >= 4 is 17.1 Å². The highest BCUT2D eigenvalue weighted by Crippen LogP contribution is 2.27. The molecule has 0 saturated carbocycles. The van der Waals surface area contributed by atoms with Gasteiger partial charge in [0.2, 0.25) is 0 Å². The largest absolute Gasteiger partial charge is 0.399 e. The van der Waals surface area contributed by atoms with Crippen LogP contribution in [0.3, 0.4) is 0 Å². The van der Waals surface area contributed by atoms with E-state index in [1.165, 1.54) is 5.57 Å². The van der Waals surface area contributed by atoms with Crippen molar-refractivity contribution in [2.75, 3.05) is 12.8 Å². The number of aliphatic imine (C=N–C) groups is 1. The lowest BCUT2D eigenvalue weighted by Crippen LogP contribution is -2.14. The molecule has 1 aromatic rings. The lowest BCUT2D eigenvalue weighted by atomic mass is 9.89. The highest BCUT2D eigenvalue weighted by atomic mass is 14.7. The third-order valence-corrected chi connectivity index (χ3v) is 3.65. The Balaban J connectivity index is 2.60. The zero-order valence-corrected chi connectivity index (χ0v) is 12.1. The van der Waals surface area contributed by atoms with Gasteiger partial charge in [-0.25, -0.2) is 0 Å². The summed E-state index contributed by atoms with van der Waals surface area (Å²) < 4.78 is 0. The van der Waals surface area contributed by atoms with Crippen molar-refractivity contribution < 1.29 is 0 Å². The Morgan fingerprint density at radius 3 is 2.70 bits per heavy atom. The summed E-state index contributed by atoms with van der Waals surface area (Å²) in [6.07, 6.45) is 5.84. The lowest BCUT2D eigenvalue weighted by Gasteiger charge is -2.19. The first-order chi connectivity index (χ1) is 9.56.